The van der Waals surface area contributed by atoms with Gasteiger partial charge in [0.25, 0.3) is 5.91 Å². The lowest BCUT2D eigenvalue weighted by Crippen LogP contribution is -2.49. The Bertz CT molecular complexity index is 1470. The van der Waals surface area contributed by atoms with E-state index in [-0.39, 0.29) is 30.8 Å². The van der Waals surface area contributed by atoms with E-state index >= 15 is 0 Å². The number of imidazole rings is 1. The first-order chi connectivity index (χ1) is 20.5. The fourth-order valence-corrected chi connectivity index (χ4v) is 6.36. The van der Waals surface area contributed by atoms with Crippen LogP contribution >= 0.6 is 0 Å². The van der Waals surface area contributed by atoms with Gasteiger partial charge in [-0.05, 0) is 57.1 Å². The Morgan fingerprint density at radius 3 is 2.37 bits per heavy atom. The number of methoxy groups -OCH3 is 1. The molecule has 12 nitrogen and oxygen atoms in total. The van der Waals surface area contributed by atoms with Crippen molar-refractivity contribution < 1.29 is 27.5 Å². The second-order valence-corrected chi connectivity index (χ2v) is 12.7. The predicted molar refractivity (Wildman–Crippen MR) is 163 cm³/mol. The Morgan fingerprint density at radius 2 is 1.74 bits per heavy atom. The molecule has 1 aliphatic heterocycles. The zero-order valence-corrected chi connectivity index (χ0v) is 25.8. The molecule has 2 N–H and O–H groups in total. The van der Waals surface area contributed by atoms with Gasteiger partial charge in [0.15, 0.2) is 5.82 Å². The Kier molecular flexibility index (Phi) is 10.6. The number of sulfonamides is 1. The Labute approximate surface area is 253 Å². The third-order valence-corrected chi connectivity index (χ3v) is 8.77. The van der Waals surface area contributed by atoms with Crippen molar-refractivity contribution in [2.45, 2.75) is 38.0 Å². The molecule has 13 heteroatoms. The van der Waals surface area contributed by atoms with Crippen LogP contribution in [0.25, 0.3) is 0 Å². The molecular formula is C30H40N6O6S. The monoisotopic (exact) mass is 612 g/mol. The van der Waals surface area contributed by atoms with Crippen molar-refractivity contribution >= 4 is 27.7 Å². The second kappa shape index (κ2) is 14.1. The van der Waals surface area contributed by atoms with Crippen LogP contribution in [0.5, 0.6) is 5.75 Å². The van der Waals surface area contributed by atoms with Gasteiger partial charge in [-0.3, -0.25) is 14.5 Å². The molecule has 2 amide bonds. The van der Waals surface area contributed by atoms with E-state index < -0.39 is 27.5 Å². The van der Waals surface area contributed by atoms with Gasteiger partial charge in [0, 0.05) is 19.3 Å². The second-order valence-electron chi connectivity index (χ2n) is 11.0. The van der Waals surface area contributed by atoms with Crippen LogP contribution in [-0.4, -0.2) is 92.4 Å². The summed E-state index contributed by atoms with van der Waals surface area (Å²) in [5.41, 5.74) is 0.457. The molecule has 0 bridgehead atoms. The number of hydrogen-bond donors (Lipinski definition) is 2. The van der Waals surface area contributed by atoms with Crippen LogP contribution in [0.1, 0.15) is 30.9 Å². The van der Waals surface area contributed by atoms with Crippen molar-refractivity contribution in [2.75, 3.05) is 52.1 Å². The number of aromatic nitrogens is 2. The van der Waals surface area contributed by atoms with E-state index in [1.165, 1.54) is 11.2 Å². The van der Waals surface area contributed by atoms with Gasteiger partial charge in [-0.1, -0.05) is 42.5 Å². The summed E-state index contributed by atoms with van der Waals surface area (Å²) in [7, 11) is 0.977. The summed E-state index contributed by atoms with van der Waals surface area (Å²) in [5, 5.41) is 2.70. The quantitative estimate of drug-likeness (QED) is 0.283. The molecule has 1 aliphatic rings. The smallest absolute Gasteiger partial charge is 0.253 e. The normalized spacial score (nSPS) is 15.7. The number of benzene rings is 2. The average Bonchev–Trinajstić information content (AvgIpc) is 3.69. The van der Waals surface area contributed by atoms with Gasteiger partial charge < -0.3 is 24.3 Å². The first-order valence-electron chi connectivity index (χ1n) is 14.1. The maximum atomic E-state index is 13.9. The number of likely N-dealkylation sites (tertiary alicyclic amines) is 1. The van der Waals surface area contributed by atoms with Crippen LogP contribution in [0.15, 0.2) is 67.1 Å². The maximum Gasteiger partial charge on any atom is 0.253 e. The largest absolute Gasteiger partial charge is 0.497 e. The highest BCUT2D eigenvalue weighted by Crippen LogP contribution is 2.32. The highest BCUT2D eigenvalue weighted by Gasteiger charge is 2.41. The van der Waals surface area contributed by atoms with E-state index in [2.05, 4.69) is 15.0 Å². The maximum absolute atomic E-state index is 13.9. The van der Waals surface area contributed by atoms with Crippen molar-refractivity contribution in [3.8, 4) is 5.75 Å². The fourth-order valence-electron chi connectivity index (χ4n) is 5.00. The van der Waals surface area contributed by atoms with Crippen molar-refractivity contribution in [2.24, 2.45) is 0 Å². The molecule has 43 heavy (non-hydrogen) atoms. The molecule has 0 radical (unpaired) electrons. The first-order valence-corrected chi connectivity index (χ1v) is 15.7. The summed E-state index contributed by atoms with van der Waals surface area (Å²) >= 11 is 0. The van der Waals surface area contributed by atoms with Crippen LogP contribution in [0.2, 0.25) is 0 Å². The molecule has 2 atom stereocenters. The minimum Gasteiger partial charge on any atom is -0.497 e. The fraction of sp³-hybridized carbons (Fsp3) is 0.433. The third kappa shape index (κ3) is 8.20. The zero-order valence-electron chi connectivity index (χ0n) is 25.0. The molecule has 2 unspecified atom stereocenters. The van der Waals surface area contributed by atoms with Gasteiger partial charge in [0.2, 0.25) is 15.9 Å². The van der Waals surface area contributed by atoms with E-state index in [0.29, 0.717) is 18.8 Å². The number of carbonyl (C=O) groups is 2. The van der Waals surface area contributed by atoms with Gasteiger partial charge >= 0.3 is 0 Å². The minimum absolute atomic E-state index is 0.0888. The average molecular weight is 613 g/mol. The van der Waals surface area contributed by atoms with Crippen LogP contribution < -0.4 is 14.8 Å². The number of rotatable bonds is 14. The SMILES string of the molecule is COc1ccc(C(C)(C(=O)N2CCCC2)n2cnc(NC(=O)C(COCc3ccccc3)NS(=O)(=O)CN(C)C)c2)cc1. The van der Waals surface area contributed by atoms with Gasteiger partial charge in [0.1, 0.15) is 23.2 Å². The summed E-state index contributed by atoms with van der Waals surface area (Å²) in [6.45, 7) is 3.15. The third-order valence-electron chi connectivity index (χ3n) is 7.27. The molecule has 0 saturated carbocycles. The Morgan fingerprint density at radius 1 is 1.07 bits per heavy atom. The number of nitrogens with zero attached hydrogens (tertiary/aromatic N) is 4. The summed E-state index contributed by atoms with van der Waals surface area (Å²) in [6.07, 6.45) is 4.94. The van der Waals surface area contributed by atoms with Crippen molar-refractivity contribution in [1.82, 2.24) is 24.1 Å². The molecule has 0 aliphatic carbocycles. The van der Waals surface area contributed by atoms with Crippen LogP contribution in [0.4, 0.5) is 5.82 Å². The predicted octanol–water partition coefficient (Wildman–Crippen LogP) is 2.24. The number of carbonyl (C=O) groups excluding carboxylic acids is 2. The van der Waals surface area contributed by atoms with Crippen LogP contribution in [-0.2, 0) is 36.5 Å². The first kappa shape index (κ1) is 32.1. The standard InChI is InChI=1S/C30H40N6O6S/c1-30(29(38)35-16-8-9-17-35,24-12-14-25(41-4)15-13-24)36-18-27(31-21-36)32-28(37)26(33-43(39,40)22-34(2)3)20-42-19-23-10-6-5-7-11-23/h5-7,10-15,18,21,26,33H,8-9,16-17,19-20,22H2,1-4H3,(H,32,37). The number of hydrogen-bond acceptors (Lipinski definition) is 8. The molecule has 0 spiro atoms. The highest BCUT2D eigenvalue weighted by molar-refractivity contribution is 7.89. The molecule has 2 aromatic carbocycles. The number of ether oxygens (including phenoxy) is 2. The molecule has 1 aromatic heterocycles. The minimum atomic E-state index is -3.84. The van der Waals surface area contributed by atoms with Crippen LogP contribution in [0, 0.1) is 0 Å². The number of anilines is 1. The van der Waals surface area contributed by atoms with Crippen LogP contribution in [0.3, 0.4) is 0 Å². The topological polar surface area (TPSA) is 135 Å². The summed E-state index contributed by atoms with van der Waals surface area (Å²) in [5.74, 6) is -0.204. The van der Waals surface area contributed by atoms with Gasteiger partial charge in [-0.25, -0.2) is 13.4 Å². The summed E-state index contributed by atoms with van der Waals surface area (Å²) in [6, 6.07) is 15.4. The summed E-state index contributed by atoms with van der Waals surface area (Å²) in [4.78, 5) is 35.0. The van der Waals surface area contributed by atoms with E-state index in [1.54, 1.807) is 44.1 Å². The van der Waals surface area contributed by atoms with E-state index in [0.717, 1.165) is 24.0 Å². The van der Waals surface area contributed by atoms with E-state index in [1.807, 2.05) is 54.3 Å². The van der Waals surface area contributed by atoms with Gasteiger partial charge in [0.05, 0.1) is 26.7 Å². The van der Waals surface area contributed by atoms with Crippen molar-refractivity contribution in [3.63, 3.8) is 0 Å². The zero-order chi connectivity index (χ0) is 31.0. The summed E-state index contributed by atoms with van der Waals surface area (Å²) < 4.78 is 40.6. The van der Waals surface area contributed by atoms with Gasteiger partial charge in [-0.15, -0.1) is 0 Å². The van der Waals surface area contributed by atoms with E-state index in [9.17, 15) is 18.0 Å². The van der Waals surface area contributed by atoms with Gasteiger partial charge in [-0.2, -0.15) is 4.72 Å². The van der Waals surface area contributed by atoms with Crippen molar-refractivity contribution in [3.05, 3.63) is 78.2 Å². The number of nitrogens with one attached hydrogen (secondary N) is 2. The Balaban J connectivity index is 1.56. The van der Waals surface area contributed by atoms with Crippen molar-refractivity contribution in [1.29, 1.82) is 0 Å². The molecule has 4 rings (SSSR count). The molecule has 3 aromatic rings. The highest BCUT2D eigenvalue weighted by atomic mass is 32.2. The molecular weight excluding hydrogens is 572 g/mol. The van der Waals surface area contributed by atoms with E-state index in [4.69, 9.17) is 9.47 Å². The Hall–Kier alpha value is -3.78. The molecule has 2 heterocycles. The molecule has 232 valence electrons. The molecule has 1 saturated heterocycles. The lowest BCUT2D eigenvalue weighted by molar-refractivity contribution is -0.137. The lowest BCUT2D eigenvalue weighted by Gasteiger charge is -2.34. The lowest BCUT2D eigenvalue weighted by atomic mass is 9.90. The molecule has 1 fully saturated rings. The number of amides is 2.